The second-order valence-electron chi connectivity index (χ2n) is 9.45. The highest BCUT2D eigenvalue weighted by Gasteiger charge is 2.28. The van der Waals surface area contributed by atoms with Gasteiger partial charge in [0, 0.05) is 37.0 Å². The Labute approximate surface area is 206 Å². The third-order valence-corrected chi connectivity index (χ3v) is 6.68. The number of benzene rings is 1. The number of aliphatic hydroxyl groups is 1. The van der Waals surface area contributed by atoms with Crippen LogP contribution in [0.15, 0.2) is 24.7 Å². The Morgan fingerprint density at radius 1 is 1.25 bits per heavy atom. The number of hydrogen-bond acceptors (Lipinski definition) is 7. The van der Waals surface area contributed by atoms with Gasteiger partial charge in [0.1, 0.15) is 29.4 Å². The number of carbonyl (C=O) groups excluding carboxylic acids is 2. The van der Waals surface area contributed by atoms with E-state index in [-0.39, 0.29) is 17.9 Å². The van der Waals surface area contributed by atoms with Gasteiger partial charge in [-0.2, -0.15) is 0 Å². The summed E-state index contributed by atoms with van der Waals surface area (Å²) in [5, 5.41) is 22.4. The van der Waals surface area contributed by atoms with Crippen molar-refractivity contribution in [3.05, 3.63) is 36.0 Å². The zero-order chi connectivity index (χ0) is 25.4. The van der Waals surface area contributed by atoms with Crippen LogP contribution in [0.4, 0.5) is 4.39 Å². The van der Waals surface area contributed by atoms with E-state index < -0.39 is 17.7 Å². The first-order chi connectivity index (χ1) is 17.3. The van der Waals surface area contributed by atoms with Crippen LogP contribution < -0.4 is 10.1 Å². The predicted octanol–water partition coefficient (Wildman–Crippen LogP) is 2.36. The number of nitrogens with zero attached hydrogens (tertiary/aromatic N) is 3. The molecule has 0 unspecified atom stereocenters. The zero-order valence-electron chi connectivity index (χ0n) is 19.8. The third kappa shape index (κ3) is 4.83. The van der Waals surface area contributed by atoms with E-state index in [1.807, 2.05) is 0 Å². The first-order valence-electron chi connectivity index (χ1n) is 12.1. The van der Waals surface area contributed by atoms with Crippen molar-refractivity contribution in [3.8, 4) is 22.8 Å². The van der Waals surface area contributed by atoms with Gasteiger partial charge in [-0.1, -0.05) is 0 Å². The largest absolute Gasteiger partial charge is 0.505 e. The molecule has 2 aliphatic rings. The molecule has 0 radical (unpaired) electrons. The average Bonchev–Trinajstić information content (AvgIpc) is 3.60. The lowest BCUT2D eigenvalue weighted by Gasteiger charge is -2.33. The van der Waals surface area contributed by atoms with E-state index in [1.54, 1.807) is 4.90 Å². The van der Waals surface area contributed by atoms with Gasteiger partial charge in [-0.3, -0.25) is 9.59 Å². The molecule has 3 aromatic rings. The molecule has 2 amide bonds. The van der Waals surface area contributed by atoms with E-state index in [0.29, 0.717) is 72.1 Å². The number of halogens is 1. The fraction of sp³-hybridized carbons (Fsp3) is 0.440. The number of phenolic OH excluding ortho intramolecular Hbond substituents is 1. The quantitative estimate of drug-likeness (QED) is 0.393. The topological polar surface area (TPSA) is 141 Å². The molecular formula is C25H28FN5O5. The number of amides is 2. The molecule has 3 heterocycles. The van der Waals surface area contributed by atoms with E-state index in [0.717, 1.165) is 12.8 Å². The number of aromatic nitrogens is 3. The first kappa shape index (κ1) is 24.0. The highest BCUT2D eigenvalue weighted by molar-refractivity contribution is 6.08. The molecule has 0 bridgehead atoms. The summed E-state index contributed by atoms with van der Waals surface area (Å²) in [7, 11) is 0. The molecule has 1 aromatic carbocycles. The van der Waals surface area contributed by atoms with Gasteiger partial charge in [0.25, 0.3) is 11.8 Å². The number of phenols is 1. The van der Waals surface area contributed by atoms with Gasteiger partial charge in [-0.15, -0.1) is 0 Å². The molecule has 1 atom stereocenters. The van der Waals surface area contributed by atoms with E-state index >= 15 is 0 Å². The number of hydrogen-bond donors (Lipinski definition) is 4. The molecule has 4 N–H and O–H groups in total. The van der Waals surface area contributed by atoms with Crippen molar-refractivity contribution < 1.29 is 28.9 Å². The average molecular weight is 498 g/mol. The van der Waals surface area contributed by atoms with Crippen LogP contribution in [0.3, 0.4) is 0 Å². The highest BCUT2D eigenvalue weighted by Crippen LogP contribution is 2.38. The number of carbonyl (C=O) groups is 2. The van der Waals surface area contributed by atoms with Crippen molar-refractivity contribution in [2.45, 2.75) is 44.8 Å². The Kier molecular flexibility index (Phi) is 6.48. The minimum Gasteiger partial charge on any atom is -0.505 e. The molecule has 36 heavy (non-hydrogen) atoms. The van der Waals surface area contributed by atoms with Gasteiger partial charge in [0.05, 0.1) is 17.7 Å². The number of piperidine rings is 1. The number of aliphatic hydroxyl groups excluding tert-OH is 1. The monoisotopic (exact) mass is 497 g/mol. The van der Waals surface area contributed by atoms with E-state index in [2.05, 4.69) is 20.3 Å². The molecule has 2 aromatic heterocycles. The number of likely N-dealkylation sites (tertiary alicyclic amines) is 1. The summed E-state index contributed by atoms with van der Waals surface area (Å²) in [6, 6.07) is 2.28. The van der Waals surface area contributed by atoms with Crippen molar-refractivity contribution in [2.75, 3.05) is 19.7 Å². The first-order valence-corrected chi connectivity index (χ1v) is 12.1. The number of aromatic amines is 1. The van der Waals surface area contributed by atoms with E-state index in [9.17, 15) is 24.2 Å². The van der Waals surface area contributed by atoms with Crippen LogP contribution in [0.1, 0.15) is 43.0 Å². The highest BCUT2D eigenvalue weighted by atomic mass is 19.1. The van der Waals surface area contributed by atoms with Gasteiger partial charge in [0.15, 0.2) is 11.6 Å². The number of rotatable bonds is 7. The Morgan fingerprint density at radius 2 is 2.00 bits per heavy atom. The molecule has 2 fully saturated rings. The van der Waals surface area contributed by atoms with Crippen LogP contribution in [-0.2, 0) is 4.79 Å². The zero-order valence-corrected chi connectivity index (χ0v) is 19.8. The summed E-state index contributed by atoms with van der Waals surface area (Å²) in [6.07, 6.45) is 5.08. The Bertz CT molecular complexity index is 1300. The van der Waals surface area contributed by atoms with Crippen LogP contribution >= 0.6 is 0 Å². The van der Waals surface area contributed by atoms with E-state index in [1.165, 1.54) is 31.6 Å². The fourth-order valence-corrected chi connectivity index (χ4v) is 4.43. The van der Waals surface area contributed by atoms with Crippen molar-refractivity contribution >= 4 is 22.8 Å². The smallest absolute Gasteiger partial charge is 0.255 e. The minimum absolute atomic E-state index is 0.129. The fourth-order valence-electron chi connectivity index (χ4n) is 4.43. The lowest BCUT2D eigenvalue weighted by atomic mass is 10.0. The Morgan fingerprint density at radius 3 is 2.69 bits per heavy atom. The Balaban J connectivity index is 1.37. The maximum absolute atomic E-state index is 14.3. The second kappa shape index (κ2) is 9.73. The number of aromatic hydroxyl groups is 1. The summed E-state index contributed by atoms with van der Waals surface area (Å²) in [4.78, 5) is 38.3. The van der Waals surface area contributed by atoms with Crippen LogP contribution in [-0.4, -0.2) is 73.7 Å². The molecule has 5 rings (SSSR count). The number of ether oxygens (including phenoxy) is 1. The van der Waals surface area contributed by atoms with Crippen molar-refractivity contribution in [3.63, 3.8) is 0 Å². The molecular weight excluding hydrogens is 469 g/mol. The maximum Gasteiger partial charge on any atom is 0.255 e. The number of nitrogens with one attached hydrogen (secondary N) is 2. The molecule has 1 aliphatic heterocycles. The van der Waals surface area contributed by atoms with E-state index in [4.69, 9.17) is 4.74 Å². The van der Waals surface area contributed by atoms with Crippen LogP contribution in [0, 0.1) is 11.7 Å². The van der Waals surface area contributed by atoms with Crippen molar-refractivity contribution in [2.24, 2.45) is 5.92 Å². The summed E-state index contributed by atoms with van der Waals surface area (Å²) in [5.74, 6) is -1.20. The van der Waals surface area contributed by atoms with Gasteiger partial charge in [-0.05, 0) is 44.6 Å². The van der Waals surface area contributed by atoms with Crippen LogP contribution in [0.5, 0.6) is 11.5 Å². The van der Waals surface area contributed by atoms with Gasteiger partial charge in [0.2, 0.25) is 0 Å². The number of H-pyrrole nitrogens is 1. The third-order valence-electron chi connectivity index (χ3n) is 6.68. The Hall–Kier alpha value is -3.73. The predicted molar refractivity (Wildman–Crippen MR) is 128 cm³/mol. The summed E-state index contributed by atoms with van der Waals surface area (Å²) in [5.41, 5.74) is 1.84. The van der Waals surface area contributed by atoms with Crippen molar-refractivity contribution in [1.82, 2.24) is 25.2 Å². The normalized spacial score (nSPS) is 17.2. The molecule has 10 nitrogen and oxygen atoms in total. The SMILES string of the molecule is C[C@H](O)C(=O)N1CCC(NC(=O)c2c[nH]c3c(-c4cc(F)c(O)cc4OCC4CC4)ncnc23)CC1. The molecule has 1 saturated carbocycles. The van der Waals surface area contributed by atoms with Gasteiger partial charge in [-0.25, -0.2) is 14.4 Å². The lowest BCUT2D eigenvalue weighted by Crippen LogP contribution is -2.48. The van der Waals surface area contributed by atoms with Crippen LogP contribution in [0.2, 0.25) is 0 Å². The molecule has 190 valence electrons. The maximum atomic E-state index is 14.3. The molecule has 1 aliphatic carbocycles. The summed E-state index contributed by atoms with van der Waals surface area (Å²) >= 11 is 0. The lowest BCUT2D eigenvalue weighted by molar-refractivity contribution is -0.140. The van der Waals surface area contributed by atoms with Crippen molar-refractivity contribution in [1.29, 1.82) is 0 Å². The van der Waals surface area contributed by atoms with Crippen LogP contribution in [0.25, 0.3) is 22.3 Å². The standard InChI is InChI=1S/C25H28FN5O5/c1-13(32)25(35)31-6-4-15(5-7-31)30-24(34)17-10-27-23-21(28-12-29-22(17)23)16-8-18(26)19(33)9-20(16)36-11-14-2-3-14/h8-10,12-15,27,32-33H,2-7,11H2,1H3,(H,30,34)/t13-/m0/s1. The summed E-state index contributed by atoms with van der Waals surface area (Å²) in [6.45, 7) is 2.81. The second-order valence-corrected chi connectivity index (χ2v) is 9.45. The molecule has 1 saturated heterocycles. The van der Waals surface area contributed by atoms with Gasteiger partial charge < -0.3 is 30.2 Å². The molecule has 0 spiro atoms. The van der Waals surface area contributed by atoms with Gasteiger partial charge >= 0.3 is 0 Å². The summed E-state index contributed by atoms with van der Waals surface area (Å²) < 4.78 is 20.2. The molecule has 11 heteroatoms. The number of fused-ring (bicyclic) bond motifs is 1. The minimum atomic E-state index is -1.04.